The molecule has 2 atom stereocenters. The largest absolute Gasteiger partial charge is 0.299 e. The summed E-state index contributed by atoms with van der Waals surface area (Å²) in [5.41, 5.74) is 1.42. The summed E-state index contributed by atoms with van der Waals surface area (Å²) in [6.45, 7) is 3.32. The Labute approximate surface area is 160 Å². The summed E-state index contributed by atoms with van der Waals surface area (Å²) in [5, 5.41) is 0. The Morgan fingerprint density at radius 2 is 1.62 bits per heavy atom. The van der Waals surface area contributed by atoms with Crippen molar-refractivity contribution < 1.29 is 4.79 Å². The minimum atomic E-state index is 0.341. The monoisotopic (exact) mass is 355 g/mol. The molecule has 2 bridgehead atoms. The number of hydrogen-bond acceptors (Lipinski definition) is 2. The van der Waals surface area contributed by atoms with Crippen LogP contribution in [0.2, 0.25) is 0 Å². The van der Waals surface area contributed by atoms with E-state index in [9.17, 15) is 4.79 Å². The van der Waals surface area contributed by atoms with E-state index in [-0.39, 0.29) is 0 Å². The number of hydrogen-bond donors (Lipinski definition) is 0. The van der Waals surface area contributed by atoms with E-state index in [2.05, 4.69) is 42.2 Å². The predicted molar refractivity (Wildman–Crippen MR) is 109 cm³/mol. The van der Waals surface area contributed by atoms with Crippen LogP contribution in [0.3, 0.4) is 0 Å². The second-order valence-corrected chi connectivity index (χ2v) is 8.55. The summed E-state index contributed by atoms with van der Waals surface area (Å²) in [6.07, 6.45) is 14.6. The molecule has 2 unspecified atom stereocenters. The lowest BCUT2D eigenvalue weighted by molar-refractivity contribution is -0.127. The molecule has 0 aromatic heterocycles. The van der Waals surface area contributed by atoms with Crippen LogP contribution in [0.1, 0.15) is 89.5 Å². The Bertz CT molecular complexity index is 526. The minimum Gasteiger partial charge on any atom is -0.299 e. The van der Waals surface area contributed by atoms with Gasteiger partial charge in [0.1, 0.15) is 5.78 Å². The highest BCUT2D eigenvalue weighted by molar-refractivity contribution is 5.81. The smallest absolute Gasteiger partial charge is 0.136 e. The van der Waals surface area contributed by atoms with Crippen molar-refractivity contribution in [3.8, 4) is 0 Å². The molecule has 2 saturated heterocycles. The minimum absolute atomic E-state index is 0.341. The first-order chi connectivity index (χ1) is 12.8. The summed E-state index contributed by atoms with van der Waals surface area (Å²) in [6, 6.07) is 12.1. The van der Waals surface area contributed by atoms with E-state index >= 15 is 0 Å². The van der Waals surface area contributed by atoms with Crippen molar-refractivity contribution in [2.24, 2.45) is 5.92 Å². The SMILES string of the molecule is CCCCCCCCC(=O)C1CC2CCCC(C1)N2Cc1ccccc1. The van der Waals surface area contributed by atoms with E-state index in [1.54, 1.807) is 0 Å². The third kappa shape index (κ3) is 5.42. The number of rotatable bonds is 10. The number of benzene rings is 1. The highest BCUT2D eigenvalue weighted by atomic mass is 16.1. The van der Waals surface area contributed by atoms with Crippen LogP contribution < -0.4 is 0 Å². The van der Waals surface area contributed by atoms with E-state index in [1.165, 1.54) is 56.9 Å². The summed E-state index contributed by atoms with van der Waals surface area (Å²) in [7, 11) is 0. The van der Waals surface area contributed by atoms with Crippen LogP contribution in [0.15, 0.2) is 30.3 Å². The van der Waals surface area contributed by atoms with Crippen molar-refractivity contribution in [2.45, 2.75) is 103 Å². The molecule has 3 rings (SSSR count). The van der Waals surface area contributed by atoms with Crippen molar-refractivity contribution in [3.63, 3.8) is 0 Å². The maximum absolute atomic E-state index is 12.8. The van der Waals surface area contributed by atoms with Gasteiger partial charge in [-0.25, -0.2) is 0 Å². The van der Waals surface area contributed by atoms with Gasteiger partial charge < -0.3 is 0 Å². The number of fused-ring (bicyclic) bond motifs is 2. The normalized spacial score (nSPS) is 26.0. The lowest BCUT2D eigenvalue weighted by atomic mass is 9.76. The van der Waals surface area contributed by atoms with Gasteiger partial charge in [-0.3, -0.25) is 9.69 Å². The fourth-order valence-electron chi connectivity index (χ4n) is 5.08. The summed E-state index contributed by atoms with van der Waals surface area (Å²) >= 11 is 0. The first-order valence-corrected chi connectivity index (χ1v) is 11.1. The Morgan fingerprint density at radius 1 is 0.962 bits per heavy atom. The number of ketones is 1. The molecule has 2 heteroatoms. The molecule has 1 aromatic carbocycles. The van der Waals surface area contributed by atoms with E-state index in [1.807, 2.05) is 0 Å². The zero-order valence-corrected chi connectivity index (χ0v) is 16.7. The van der Waals surface area contributed by atoms with Crippen molar-refractivity contribution in [3.05, 3.63) is 35.9 Å². The zero-order valence-electron chi connectivity index (χ0n) is 16.7. The molecule has 2 aliphatic rings. The van der Waals surface area contributed by atoms with Gasteiger partial charge in [-0.1, -0.05) is 75.8 Å². The van der Waals surface area contributed by atoms with Gasteiger partial charge in [0.2, 0.25) is 0 Å². The quantitative estimate of drug-likeness (QED) is 0.470. The summed E-state index contributed by atoms with van der Waals surface area (Å²) in [5.74, 6) is 0.907. The van der Waals surface area contributed by atoms with Crippen LogP contribution in [-0.4, -0.2) is 22.8 Å². The Kier molecular flexibility index (Phi) is 7.73. The lowest BCUT2D eigenvalue weighted by Gasteiger charge is -2.48. The molecule has 2 fully saturated rings. The number of unbranched alkanes of at least 4 members (excludes halogenated alkanes) is 5. The van der Waals surface area contributed by atoms with E-state index in [4.69, 9.17) is 0 Å². The molecule has 1 aromatic rings. The number of piperidine rings is 2. The molecule has 2 nitrogen and oxygen atoms in total. The molecule has 2 heterocycles. The zero-order chi connectivity index (χ0) is 18.2. The van der Waals surface area contributed by atoms with Crippen molar-refractivity contribution in [2.75, 3.05) is 0 Å². The number of carbonyl (C=O) groups is 1. The van der Waals surface area contributed by atoms with E-state index in [0.717, 1.165) is 32.2 Å². The van der Waals surface area contributed by atoms with Crippen LogP contribution >= 0.6 is 0 Å². The molecular weight excluding hydrogens is 318 g/mol. The van der Waals surface area contributed by atoms with Gasteiger partial charge in [0.25, 0.3) is 0 Å². The average Bonchev–Trinajstić information content (AvgIpc) is 2.65. The second-order valence-electron chi connectivity index (χ2n) is 8.55. The highest BCUT2D eigenvalue weighted by Gasteiger charge is 2.40. The van der Waals surface area contributed by atoms with Crippen LogP contribution in [-0.2, 0) is 11.3 Å². The first kappa shape index (κ1) is 19.6. The van der Waals surface area contributed by atoms with Crippen LogP contribution in [0.25, 0.3) is 0 Å². The topological polar surface area (TPSA) is 20.3 Å². The number of carbonyl (C=O) groups excluding carboxylic acids is 1. The molecule has 0 spiro atoms. The van der Waals surface area contributed by atoms with Gasteiger partial charge in [0, 0.05) is 31.0 Å². The number of Topliss-reactive ketones (excluding diaryl/α,β-unsaturated/α-hetero) is 1. The summed E-state index contributed by atoms with van der Waals surface area (Å²) in [4.78, 5) is 15.5. The van der Waals surface area contributed by atoms with Gasteiger partial charge in [-0.05, 0) is 37.7 Å². The first-order valence-electron chi connectivity index (χ1n) is 11.1. The molecule has 0 amide bonds. The van der Waals surface area contributed by atoms with Crippen LogP contribution in [0.4, 0.5) is 0 Å². The van der Waals surface area contributed by atoms with Gasteiger partial charge in [-0.2, -0.15) is 0 Å². The fourth-order valence-corrected chi connectivity index (χ4v) is 5.08. The van der Waals surface area contributed by atoms with Gasteiger partial charge in [-0.15, -0.1) is 0 Å². The van der Waals surface area contributed by atoms with Crippen LogP contribution in [0, 0.1) is 5.92 Å². The number of nitrogens with zero attached hydrogens (tertiary/aromatic N) is 1. The Balaban J connectivity index is 1.47. The molecule has 0 N–H and O–H groups in total. The third-order valence-corrected chi connectivity index (χ3v) is 6.57. The van der Waals surface area contributed by atoms with Crippen molar-refractivity contribution >= 4 is 5.78 Å². The van der Waals surface area contributed by atoms with Gasteiger partial charge in [0.05, 0.1) is 0 Å². The van der Waals surface area contributed by atoms with Crippen LogP contribution in [0.5, 0.6) is 0 Å². The molecule has 0 aliphatic carbocycles. The fraction of sp³-hybridized carbons (Fsp3) is 0.708. The molecule has 144 valence electrons. The molecule has 2 aliphatic heterocycles. The lowest BCUT2D eigenvalue weighted by Crippen LogP contribution is -2.52. The summed E-state index contributed by atoms with van der Waals surface area (Å²) < 4.78 is 0. The molecule has 0 radical (unpaired) electrons. The Morgan fingerprint density at radius 3 is 2.31 bits per heavy atom. The van der Waals surface area contributed by atoms with Gasteiger partial charge in [0.15, 0.2) is 0 Å². The maximum atomic E-state index is 12.8. The highest BCUT2D eigenvalue weighted by Crippen LogP contribution is 2.38. The van der Waals surface area contributed by atoms with Crippen molar-refractivity contribution in [1.29, 1.82) is 0 Å². The Hall–Kier alpha value is -1.15. The standard InChI is InChI=1S/C24H37NO/c1-2-3-4-5-6-10-16-24(26)21-17-22-14-11-15-23(18-21)25(22)19-20-12-8-7-9-13-20/h7-9,12-13,21-23H,2-6,10-11,14-19H2,1H3. The second kappa shape index (κ2) is 10.3. The maximum Gasteiger partial charge on any atom is 0.136 e. The molecular formula is C24H37NO. The molecule has 26 heavy (non-hydrogen) atoms. The average molecular weight is 356 g/mol. The van der Waals surface area contributed by atoms with Gasteiger partial charge >= 0.3 is 0 Å². The molecule has 0 saturated carbocycles. The van der Waals surface area contributed by atoms with E-state index in [0.29, 0.717) is 23.8 Å². The van der Waals surface area contributed by atoms with Crippen molar-refractivity contribution in [1.82, 2.24) is 4.90 Å². The van der Waals surface area contributed by atoms with E-state index < -0.39 is 0 Å². The predicted octanol–water partition coefficient (Wildman–Crippen LogP) is 6.14. The third-order valence-electron chi connectivity index (χ3n) is 6.57.